The molecule has 0 aromatic carbocycles. The predicted molar refractivity (Wildman–Crippen MR) is 65.3 cm³/mol. The summed E-state index contributed by atoms with van der Waals surface area (Å²) in [6.45, 7) is 5.25. The van der Waals surface area contributed by atoms with Crippen LogP contribution in [0.15, 0.2) is 0 Å². The third kappa shape index (κ3) is 7.40. The summed E-state index contributed by atoms with van der Waals surface area (Å²) in [5.41, 5.74) is 0. The molecule has 0 aromatic rings. The quantitative estimate of drug-likeness (QED) is 0.632. The fourth-order valence-electron chi connectivity index (χ4n) is 1.64. The van der Waals surface area contributed by atoms with Gasteiger partial charge in [0.05, 0.1) is 0 Å². The molecule has 0 rings (SSSR count). The third-order valence-electron chi connectivity index (χ3n) is 2.60. The number of hydrogen-bond acceptors (Lipinski definition) is 3. The van der Waals surface area contributed by atoms with E-state index in [-0.39, 0.29) is 17.6 Å². The van der Waals surface area contributed by atoms with Gasteiger partial charge in [0.15, 0.2) is 0 Å². The molecule has 0 fully saturated rings. The van der Waals surface area contributed by atoms with E-state index in [1.807, 2.05) is 14.0 Å². The number of rotatable bonds is 8. The topological polar surface area (TPSA) is 49.4 Å². The number of carbonyl (C=O) groups is 2. The summed E-state index contributed by atoms with van der Waals surface area (Å²) in [4.78, 5) is 24.2. The largest absolute Gasteiger partial charge is 0.359 e. The minimum atomic E-state index is 0.0165. The summed E-state index contributed by atoms with van der Waals surface area (Å²) in [5.74, 6) is 0.347. The van der Waals surface area contributed by atoms with Crippen molar-refractivity contribution in [1.29, 1.82) is 0 Å². The molecule has 4 nitrogen and oxygen atoms in total. The number of ketones is 1. The van der Waals surface area contributed by atoms with Gasteiger partial charge in [-0.2, -0.15) is 0 Å². The maximum Gasteiger partial charge on any atom is 0.223 e. The first-order valence-electron chi connectivity index (χ1n) is 5.87. The van der Waals surface area contributed by atoms with E-state index in [1.54, 1.807) is 14.0 Å². The van der Waals surface area contributed by atoms with Gasteiger partial charge < -0.3 is 15.0 Å². The second-order valence-corrected chi connectivity index (χ2v) is 4.44. The van der Waals surface area contributed by atoms with Gasteiger partial charge in [0, 0.05) is 25.9 Å². The smallest absolute Gasteiger partial charge is 0.223 e. The minimum absolute atomic E-state index is 0.0165. The zero-order chi connectivity index (χ0) is 12.6. The van der Waals surface area contributed by atoms with Crippen LogP contribution < -0.4 is 5.32 Å². The first-order valence-corrected chi connectivity index (χ1v) is 5.87. The van der Waals surface area contributed by atoms with Crippen molar-refractivity contribution in [2.75, 3.05) is 27.2 Å². The van der Waals surface area contributed by atoms with E-state index in [1.165, 1.54) is 0 Å². The van der Waals surface area contributed by atoms with Crippen molar-refractivity contribution in [2.24, 2.45) is 5.92 Å². The van der Waals surface area contributed by atoms with E-state index < -0.39 is 0 Å². The van der Waals surface area contributed by atoms with Gasteiger partial charge >= 0.3 is 0 Å². The van der Waals surface area contributed by atoms with Gasteiger partial charge in [-0.1, -0.05) is 6.92 Å². The Kier molecular flexibility index (Phi) is 7.81. The number of Topliss-reactive ketones (excluding diaryl/α,β-unsaturated/α-hetero) is 1. The lowest BCUT2D eigenvalue weighted by molar-refractivity contribution is -0.124. The zero-order valence-corrected chi connectivity index (χ0v) is 10.9. The van der Waals surface area contributed by atoms with Gasteiger partial charge in [-0.25, -0.2) is 0 Å². The summed E-state index contributed by atoms with van der Waals surface area (Å²) in [6.07, 6.45) is 2.61. The molecule has 0 aliphatic heterocycles. The fourth-order valence-corrected chi connectivity index (χ4v) is 1.64. The second-order valence-electron chi connectivity index (χ2n) is 4.44. The lowest BCUT2D eigenvalue weighted by atomic mass is 10.1. The van der Waals surface area contributed by atoms with Crippen LogP contribution in [0.3, 0.4) is 0 Å². The van der Waals surface area contributed by atoms with E-state index in [4.69, 9.17) is 0 Å². The lowest BCUT2D eigenvalue weighted by Crippen LogP contribution is -2.34. The number of nitrogens with one attached hydrogen (secondary N) is 1. The van der Waals surface area contributed by atoms with Crippen LogP contribution >= 0.6 is 0 Å². The molecule has 16 heavy (non-hydrogen) atoms. The summed E-state index contributed by atoms with van der Waals surface area (Å²) in [7, 11) is 3.67. The van der Waals surface area contributed by atoms with Crippen LogP contribution in [0.4, 0.5) is 0 Å². The summed E-state index contributed by atoms with van der Waals surface area (Å²) in [6, 6.07) is 0. The highest BCUT2D eigenvalue weighted by molar-refractivity contribution is 5.78. The second kappa shape index (κ2) is 8.28. The molecular formula is C12H24N2O2. The first-order chi connectivity index (χ1) is 7.47. The van der Waals surface area contributed by atoms with Gasteiger partial charge in [-0.15, -0.1) is 0 Å². The van der Waals surface area contributed by atoms with E-state index in [9.17, 15) is 9.59 Å². The van der Waals surface area contributed by atoms with Crippen molar-refractivity contribution >= 4 is 11.7 Å². The van der Waals surface area contributed by atoms with Crippen LogP contribution in [-0.4, -0.2) is 43.8 Å². The number of amides is 1. The Balaban J connectivity index is 3.61. The maximum absolute atomic E-state index is 11.3. The molecule has 1 unspecified atom stereocenters. The molecule has 1 atom stereocenters. The van der Waals surface area contributed by atoms with Crippen LogP contribution in [0.1, 0.15) is 33.1 Å². The standard InChI is InChI=1S/C12H24N2O2/c1-10(12(16)13-3)9-14(4)8-6-5-7-11(2)15/h10H,5-9H2,1-4H3,(H,13,16). The first kappa shape index (κ1) is 15.1. The van der Waals surface area contributed by atoms with Crippen molar-refractivity contribution < 1.29 is 9.59 Å². The number of nitrogens with zero attached hydrogens (tertiary/aromatic N) is 1. The molecular weight excluding hydrogens is 204 g/mol. The molecule has 0 spiro atoms. The van der Waals surface area contributed by atoms with Crippen molar-refractivity contribution in [1.82, 2.24) is 10.2 Å². The summed E-state index contributed by atoms with van der Waals surface area (Å²) >= 11 is 0. The molecule has 0 radical (unpaired) electrons. The molecule has 94 valence electrons. The number of unbranched alkanes of at least 4 members (excludes halogenated alkanes) is 1. The molecule has 0 aliphatic rings. The predicted octanol–water partition coefficient (Wildman–Crippen LogP) is 1.06. The molecule has 0 saturated heterocycles. The molecule has 4 heteroatoms. The van der Waals surface area contributed by atoms with Gasteiger partial charge in [0.25, 0.3) is 0 Å². The Hall–Kier alpha value is -0.900. The molecule has 0 bridgehead atoms. The third-order valence-corrected chi connectivity index (χ3v) is 2.60. The molecule has 0 aliphatic carbocycles. The minimum Gasteiger partial charge on any atom is -0.359 e. The SMILES string of the molecule is CNC(=O)C(C)CN(C)CCCCC(C)=O. The molecule has 0 aromatic heterocycles. The van der Waals surface area contributed by atoms with Crippen molar-refractivity contribution in [2.45, 2.75) is 33.1 Å². The Morgan fingerprint density at radius 1 is 1.31 bits per heavy atom. The van der Waals surface area contributed by atoms with Crippen LogP contribution in [0.25, 0.3) is 0 Å². The van der Waals surface area contributed by atoms with Gasteiger partial charge in [0.1, 0.15) is 5.78 Å². The monoisotopic (exact) mass is 228 g/mol. The Morgan fingerprint density at radius 2 is 1.94 bits per heavy atom. The van der Waals surface area contributed by atoms with Crippen LogP contribution in [0.2, 0.25) is 0 Å². The van der Waals surface area contributed by atoms with E-state index >= 15 is 0 Å². The highest BCUT2D eigenvalue weighted by atomic mass is 16.1. The zero-order valence-electron chi connectivity index (χ0n) is 10.9. The molecule has 0 heterocycles. The Labute approximate surface area is 98.4 Å². The van der Waals surface area contributed by atoms with Gasteiger partial charge in [0.2, 0.25) is 5.91 Å². The maximum atomic E-state index is 11.3. The number of hydrogen-bond donors (Lipinski definition) is 1. The van der Waals surface area contributed by atoms with E-state index in [0.29, 0.717) is 6.42 Å². The van der Waals surface area contributed by atoms with Crippen LogP contribution in [-0.2, 0) is 9.59 Å². The van der Waals surface area contributed by atoms with Crippen molar-refractivity contribution in [3.63, 3.8) is 0 Å². The summed E-state index contributed by atoms with van der Waals surface area (Å²) in [5, 5.41) is 2.64. The van der Waals surface area contributed by atoms with E-state index in [2.05, 4.69) is 10.2 Å². The normalized spacial score (nSPS) is 12.6. The fraction of sp³-hybridized carbons (Fsp3) is 0.833. The van der Waals surface area contributed by atoms with Gasteiger partial charge in [-0.05, 0) is 33.4 Å². The highest BCUT2D eigenvalue weighted by Gasteiger charge is 2.12. The number of carbonyl (C=O) groups excluding carboxylic acids is 2. The average Bonchev–Trinajstić information content (AvgIpc) is 2.22. The van der Waals surface area contributed by atoms with Crippen LogP contribution in [0, 0.1) is 5.92 Å². The Morgan fingerprint density at radius 3 is 2.44 bits per heavy atom. The van der Waals surface area contributed by atoms with Crippen molar-refractivity contribution in [3.8, 4) is 0 Å². The molecule has 1 N–H and O–H groups in total. The highest BCUT2D eigenvalue weighted by Crippen LogP contribution is 2.02. The van der Waals surface area contributed by atoms with E-state index in [0.717, 1.165) is 25.9 Å². The molecule has 0 saturated carbocycles. The summed E-state index contributed by atoms with van der Waals surface area (Å²) < 4.78 is 0. The van der Waals surface area contributed by atoms with Gasteiger partial charge in [-0.3, -0.25) is 4.79 Å². The van der Waals surface area contributed by atoms with Crippen molar-refractivity contribution in [3.05, 3.63) is 0 Å². The molecule has 1 amide bonds. The van der Waals surface area contributed by atoms with Crippen LogP contribution in [0.5, 0.6) is 0 Å². The lowest BCUT2D eigenvalue weighted by Gasteiger charge is -2.20. The Bertz CT molecular complexity index is 229. The average molecular weight is 228 g/mol.